The van der Waals surface area contributed by atoms with E-state index in [0.29, 0.717) is 97.4 Å². The predicted octanol–water partition coefficient (Wildman–Crippen LogP) is 13.3. The van der Waals surface area contributed by atoms with Crippen LogP contribution in [0.2, 0.25) is 0 Å². The van der Waals surface area contributed by atoms with Crippen molar-refractivity contribution in [3.05, 3.63) is 166 Å². The van der Waals surface area contributed by atoms with Crippen molar-refractivity contribution >= 4 is 70.0 Å². The fourth-order valence-corrected chi connectivity index (χ4v) is 10.4. The third kappa shape index (κ3) is 10.1. The largest absolute Gasteiger partial charge is 0.354 e. The summed E-state index contributed by atoms with van der Waals surface area (Å²) < 4.78 is 0. The molecule has 9 rings (SSSR count). The average molecular weight is 1010 g/mol. The molecule has 2 N–H and O–H groups in total. The first kappa shape index (κ1) is 52.2. The second-order valence-electron chi connectivity index (χ2n) is 18.7. The van der Waals surface area contributed by atoms with Crippen LogP contribution < -0.4 is 0 Å². The lowest BCUT2D eigenvalue weighted by molar-refractivity contribution is 0.0765. The topological polar surface area (TPSA) is 139 Å². The van der Waals surface area contributed by atoms with E-state index in [-0.39, 0.29) is 23.6 Å². The molecule has 0 fully saturated rings. The molecule has 2 aliphatic heterocycles. The van der Waals surface area contributed by atoms with Crippen LogP contribution in [0.25, 0.3) is 90.9 Å². The van der Waals surface area contributed by atoms with E-state index in [1.807, 2.05) is 221 Å². The van der Waals surface area contributed by atoms with Gasteiger partial charge in [0.15, 0.2) is 0 Å². The first-order valence-electron chi connectivity index (χ1n) is 26.7. The van der Waals surface area contributed by atoms with Crippen molar-refractivity contribution in [2.45, 2.75) is 55.4 Å². The molecule has 0 saturated carbocycles. The van der Waals surface area contributed by atoms with Gasteiger partial charge in [0, 0.05) is 119 Å². The number of nitrogens with zero attached hydrogens (tertiary/aromatic N) is 6. The number of rotatable bonds is 16. The van der Waals surface area contributed by atoms with E-state index < -0.39 is 0 Å². The summed E-state index contributed by atoms with van der Waals surface area (Å²) in [4.78, 5) is 81.7. The maximum atomic E-state index is 14.0. The van der Waals surface area contributed by atoms with E-state index >= 15 is 0 Å². The number of carbonyl (C=O) groups excluding carboxylic acids is 4. The van der Waals surface area contributed by atoms with Crippen LogP contribution in [0.3, 0.4) is 0 Å². The number of fused-ring (bicyclic) bond motifs is 8. The van der Waals surface area contributed by atoms with Gasteiger partial charge in [-0.3, -0.25) is 19.2 Å². The lowest BCUT2D eigenvalue weighted by Gasteiger charge is -2.19. The summed E-state index contributed by atoms with van der Waals surface area (Å²) in [6.07, 6.45) is 8.02. The lowest BCUT2D eigenvalue weighted by Crippen LogP contribution is -2.30. The first-order chi connectivity index (χ1) is 37.0. The van der Waals surface area contributed by atoms with Gasteiger partial charge in [-0.1, -0.05) is 48.5 Å². The smallest absolute Gasteiger partial charge is 0.253 e. The molecular formula is C64H66N8O4. The summed E-state index contributed by atoms with van der Waals surface area (Å²) in [5.74, 6) is -0.250. The Bertz CT molecular complexity index is 3140. The van der Waals surface area contributed by atoms with Crippen molar-refractivity contribution in [2.24, 2.45) is 0 Å². The molecule has 76 heavy (non-hydrogen) atoms. The van der Waals surface area contributed by atoms with Gasteiger partial charge >= 0.3 is 0 Å². The fraction of sp³-hybridized carbons (Fsp3) is 0.250. The Kier molecular flexibility index (Phi) is 15.7. The molecule has 0 radical (unpaired) electrons. The summed E-state index contributed by atoms with van der Waals surface area (Å²) >= 11 is 0. The van der Waals surface area contributed by atoms with Crippen molar-refractivity contribution in [1.29, 1.82) is 0 Å². The number of aromatic amines is 2. The molecule has 8 bridgehead atoms. The Morgan fingerprint density at radius 3 is 0.737 bits per heavy atom. The van der Waals surface area contributed by atoms with Gasteiger partial charge in [-0.05, 0) is 175 Å². The molecule has 0 atom stereocenters. The summed E-state index contributed by atoms with van der Waals surface area (Å²) in [6, 6.07) is 39.0. The third-order valence-electron chi connectivity index (χ3n) is 14.5. The van der Waals surface area contributed by atoms with Gasteiger partial charge in [0.2, 0.25) is 0 Å². The number of carbonyl (C=O) groups is 4. The first-order valence-corrected chi connectivity index (χ1v) is 26.7. The third-order valence-corrected chi connectivity index (χ3v) is 14.5. The zero-order valence-corrected chi connectivity index (χ0v) is 44.8. The zero-order valence-electron chi connectivity index (χ0n) is 44.8. The number of aromatic nitrogens is 4. The standard InChI is InChI=1S/C64H66N8O4/c1-9-69(10-2)61(73)45-25-17-21-41(37-45)57-49-29-31-51(65-49)58(42-22-18-26-46(38-42)62(74)70(11-3)12-4)53-33-35-55(67-53)60(44-24-20-28-48(40-44)64(76)72(15-7)16-8)56-36-34-54(68-56)59(52-32-30-50(57)66-52)43-23-19-27-47(39-43)63(75)71(13-5)14-6/h17-40,65,68H,9-16H2,1-8H3. The number of hydrogen-bond donors (Lipinski definition) is 2. The Labute approximate surface area is 445 Å². The van der Waals surface area contributed by atoms with E-state index in [1.165, 1.54) is 0 Å². The minimum absolute atomic E-state index is 0.0625. The van der Waals surface area contributed by atoms with Gasteiger partial charge in [0.1, 0.15) is 0 Å². The van der Waals surface area contributed by atoms with Gasteiger partial charge in [0.05, 0.1) is 22.8 Å². The maximum absolute atomic E-state index is 14.0. The Hall–Kier alpha value is -8.64. The van der Waals surface area contributed by atoms with Crippen LogP contribution in [0, 0.1) is 0 Å². The maximum Gasteiger partial charge on any atom is 0.253 e. The minimum Gasteiger partial charge on any atom is -0.354 e. The number of H-pyrrole nitrogens is 2. The Morgan fingerprint density at radius 2 is 0.539 bits per heavy atom. The molecule has 0 saturated heterocycles. The molecule has 4 aromatic carbocycles. The van der Waals surface area contributed by atoms with Crippen LogP contribution in [0.1, 0.15) is 120 Å². The monoisotopic (exact) mass is 1010 g/mol. The molecule has 2 aliphatic rings. The van der Waals surface area contributed by atoms with Gasteiger partial charge < -0.3 is 29.6 Å². The molecule has 4 amide bonds. The molecule has 3 aromatic heterocycles. The predicted molar refractivity (Wildman–Crippen MR) is 310 cm³/mol. The summed E-state index contributed by atoms with van der Waals surface area (Å²) in [5, 5.41) is 0. The number of benzene rings is 4. The van der Waals surface area contributed by atoms with Crippen molar-refractivity contribution in [3.8, 4) is 44.5 Å². The van der Waals surface area contributed by atoms with Crippen LogP contribution in [-0.4, -0.2) is 116 Å². The number of amides is 4. The highest BCUT2D eigenvalue weighted by molar-refractivity contribution is 6.04. The molecule has 12 heteroatoms. The average Bonchev–Trinajstić information content (AvgIpc) is 4.34. The van der Waals surface area contributed by atoms with Crippen LogP contribution in [-0.2, 0) is 0 Å². The van der Waals surface area contributed by atoms with E-state index in [1.54, 1.807) is 0 Å². The quantitative estimate of drug-likeness (QED) is 0.0988. The number of nitrogens with one attached hydrogen (secondary N) is 2. The van der Waals surface area contributed by atoms with E-state index in [4.69, 9.17) is 9.97 Å². The van der Waals surface area contributed by atoms with E-state index in [0.717, 1.165) is 66.6 Å². The van der Waals surface area contributed by atoms with Crippen molar-refractivity contribution in [1.82, 2.24) is 39.5 Å². The molecule has 5 heterocycles. The van der Waals surface area contributed by atoms with Crippen LogP contribution in [0.4, 0.5) is 0 Å². The van der Waals surface area contributed by atoms with Crippen molar-refractivity contribution < 1.29 is 19.2 Å². The minimum atomic E-state index is -0.0625. The van der Waals surface area contributed by atoms with Crippen LogP contribution in [0.5, 0.6) is 0 Å². The Morgan fingerprint density at radius 1 is 0.329 bits per heavy atom. The zero-order chi connectivity index (χ0) is 53.6. The van der Waals surface area contributed by atoms with Gasteiger partial charge in [-0.2, -0.15) is 0 Å². The molecule has 12 nitrogen and oxygen atoms in total. The second-order valence-corrected chi connectivity index (χ2v) is 18.7. The number of hydrogen-bond acceptors (Lipinski definition) is 6. The highest BCUT2D eigenvalue weighted by Crippen LogP contribution is 2.39. The molecule has 0 spiro atoms. The van der Waals surface area contributed by atoms with E-state index in [9.17, 15) is 19.2 Å². The highest BCUT2D eigenvalue weighted by Gasteiger charge is 2.23. The molecular weight excluding hydrogens is 945 g/mol. The summed E-state index contributed by atoms with van der Waals surface area (Å²) in [7, 11) is 0. The molecule has 0 aliphatic carbocycles. The SMILES string of the molecule is CCN(CC)C(=O)c1cccc(-c2c3nc(c(-c4cccc(C(=O)N(CC)CC)c4)c4ccc([nH]4)c(-c4cccc(C(=O)N(CC)CC)c4)c4nc(c(-c5cccc(C(=O)N(CC)CC)c5)c5ccc2[nH]5)C=C4)C=C3)c1. The lowest BCUT2D eigenvalue weighted by atomic mass is 10.0. The fourth-order valence-electron chi connectivity index (χ4n) is 10.4. The van der Waals surface area contributed by atoms with Gasteiger partial charge in [-0.15, -0.1) is 0 Å². The molecule has 7 aromatic rings. The van der Waals surface area contributed by atoms with E-state index in [2.05, 4.69) is 9.97 Å². The van der Waals surface area contributed by atoms with Crippen LogP contribution >= 0.6 is 0 Å². The second kappa shape index (κ2) is 22.9. The normalized spacial score (nSPS) is 11.7. The highest BCUT2D eigenvalue weighted by atomic mass is 16.2. The summed E-state index contributed by atoms with van der Waals surface area (Å²) in [6.45, 7) is 20.4. The molecule has 0 unspecified atom stereocenters. The summed E-state index contributed by atoms with van der Waals surface area (Å²) in [5.41, 5.74) is 14.1. The van der Waals surface area contributed by atoms with Crippen LogP contribution in [0.15, 0.2) is 121 Å². The Balaban J connectivity index is 1.43. The molecule has 386 valence electrons. The van der Waals surface area contributed by atoms with Gasteiger partial charge in [0.25, 0.3) is 23.6 Å². The van der Waals surface area contributed by atoms with Crippen molar-refractivity contribution in [2.75, 3.05) is 52.4 Å². The van der Waals surface area contributed by atoms with Gasteiger partial charge in [-0.25, -0.2) is 9.97 Å². The van der Waals surface area contributed by atoms with Crippen molar-refractivity contribution in [3.63, 3.8) is 0 Å².